The average Bonchev–Trinajstić information content (AvgIpc) is 3.00. The molecule has 3 atom stereocenters. The summed E-state index contributed by atoms with van der Waals surface area (Å²) in [6.45, 7) is 4.61. The second-order valence-corrected chi connectivity index (χ2v) is 8.49. The van der Waals surface area contributed by atoms with Crippen LogP contribution in [0.15, 0.2) is 12.3 Å². The summed E-state index contributed by atoms with van der Waals surface area (Å²) in [6, 6.07) is 1.82. The van der Waals surface area contributed by atoms with Crippen molar-refractivity contribution in [2.75, 3.05) is 32.7 Å². The first-order chi connectivity index (χ1) is 14.5. The first-order valence-electron chi connectivity index (χ1n) is 10.5. The summed E-state index contributed by atoms with van der Waals surface area (Å²) in [5.41, 5.74) is 0.816. The lowest BCUT2D eigenvalue weighted by Crippen LogP contribution is -2.57. The zero-order chi connectivity index (χ0) is 20.8. The third kappa shape index (κ3) is 3.20. The molecule has 3 fully saturated rings. The quantitative estimate of drug-likeness (QED) is 0.737. The molecule has 0 radical (unpaired) electrons. The van der Waals surface area contributed by atoms with Crippen molar-refractivity contribution in [1.82, 2.24) is 34.7 Å². The Labute approximate surface area is 173 Å². The third-order valence-electron chi connectivity index (χ3n) is 6.72. The van der Waals surface area contributed by atoms with Gasteiger partial charge in [0, 0.05) is 57.0 Å². The van der Waals surface area contributed by atoms with E-state index in [9.17, 15) is 14.4 Å². The van der Waals surface area contributed by atoms with Gasteiger partial charge in [-0.25, -0.2) is 4.98 Å². The number of hydrogen-bond acceptors (Lipinski definition) is 6. The van der Waals surface area contributed by atoms with Crippen LogP contribution in [0.4, 0.5) is 0 Å². The summed E-state index contributed by atoms with van der Waals surface area (Å²) in [6.07, 6.45) is 3.89. The monoisotopic (exact) mass is 411 g/mol. The number of nitrogens with one attached hydrogen (secondary N) is 1. The predicted octanol–water partition coefficient (Wildman–Crippen LogP) is -0.121. The first kappa shape index (κ1) is 19.0. The minimum absolute atomic E-state index is 0.00329. The zero-order valence-electron chi connectivity index (χ0n) is 17.0. The number of piperidine rings is 1. The van der Waals surface area contributed by atoms with Crippen LogP contribution in [0, 0.1) is 24.7 Å². The fourth-order valence-corrected chi connectivity index (χ4v) is 4.94. The first-order valence-corrected chi connectivity index (χ1v) is 10.5. The average molecular weight is 411 g/mol. The van der Waals surface area contributed by atoms with Crippen LogP contribution >= 0.6 is 0 Å². The van der Waals surface area contributed by atoms with E-state index in [1.807, 2.05) is 13.0 Å². The normalized spacial score (nSPS) is 26.6. The van der Waals surface area contributed by atoms with Gasteiger partial charge in [-0.3, -0.25) is 18.8 Å². The van der Waals surface area contributed by atoms with Crippen molar-refractivity contribution in [3.05, 3.63) is 23.8 Å². The van der Waals surface area contributed by atoms with E-state index in [-0.39, 0.29) is 35.4 Å². The van der Waals surface area contributed by atoms with E-state index < -0.39 is 0 Å². The maximum Gasteiger partial charge on any atom is 0.292 e. The summed E-state index contributed by atoms with van der Waals surface area (Å²) >= 11 is 0. The minimum Gasteiger partial charge on any atom is -0.354 e. The number of likely N-dealkylation sites (tertiary alicyclic amines) is 1. The Kier molecular flexibility index (Phi) is 4.63. The van der Waals surface area contributed by atoms with Crippen LogP contribution in [-0.4, -0.2) is 79.8 Å². The van der Waals surface area contributed by atoms with E-state index in [0.29, 0.717) is 50.8 Å². The maximum atomic E-state index is 13.1. The van der Waals surface area contributed by atoms with Crippen LogP contribution in [0.2, 0.25) is 0 Å². The molecule has 3 amide bonds. The minimum atomic E-state index is -0.172. The van der Waals surface area contributed by atoms with Crippen LogP contribution in [-0.2, 0) is 9.59 Å². The SMILES string of the molecule is Cc1ccn2c(C(=O)N3CC[C@@H]4C[C@@H](C(=O)N5CCNC(=O)CC5)[C@@H]4C3)nnc2n1. The highest BCUT2D eigenvalue weighted by atomic mass is 16.2. The fourth-order valence-electron chi connectivity index (χ4n) is 4.94. The fraction of sp³-hybridized carbons (Fsp3) is 0.600. The maximum absolute atomic E-state index is 13.1. The second kappa shape index (κ2) is 7.33. The number of fused-ring (bicyclic) bond motifs is 2. The summed E-state index contributed by atoms with van der Waals surface area (Å²) in [4.78, 5) is 45.7. The van der Waals surface area contributed by atoms with E-state index in [1.54, 1.807) is 20.4 Å². The van der Waals surface area contributed by atoms with Gasteiger partial charge in [-0.05, 0) is 37.7 Å². The molecule has 30 heavy (non-hydrogen) atoms. The number of carbonyl (C=O) groups is 3. The Morgan fingerprint density at radius 1 is 1.17 bits per heavy atom. The van der Waals surface area contributed by atoms with E-state index in [2.05, 4.69) is 20.5 Å². The van der Waals surface area contributed by atoms with Gasteiger partial charge in [-0.1, -0.05) is 0 Å². The van der Waals surface area contributed by atoms with Gasteiger partial charge in [-0.2, -0.15) is 0 Å². The standard InChI is InChI=1S/C20H25N7O3/c1-12-2-8-27-17(23-24-20(27)22-12)19(30)26-6-3-13-10-14(15(13)11-26)18(29)25-7-4-16(28)21-5-9-25/h2,8,13-15H,3-7,9-11H2,1H3,(H,21,28)/t13-,14-,15-/m1/s1. The molecule has 1 saturated carbocycles. The smallest absolute Gasteiger partial charge is 0.292 e. The third-order valence-corrected chi connectivity index (χ3v) is 6.72. The van der Waals surface area contributed by atoms with Crippen LogP contribution in [0.5, 0.6) is 0 Å². The molecule has 158 valence electrons. The van der Waals surface area contributed by atoms with Crippen LogP contribution in [0.25, 0.3) is 5.78 Å². The molecule has 3 aliphatic rings. The number of carbonyl (C=O) groups excluding carboxylic acids is 3. The van der Waals surface area contributed by atoms with Crippen LogP contribution in [0.1, 0.15) is 35.6 Å². The van der Waals surface area contributed by atoms with Crippen molar-refractivity contribution in [1.29, 1.82) is 0 Å². The van der Waals surface area contributed by atoms with Crippen molar-refractivity contribution >= 4 is 23.5 Å². The molecule has 0 aromatic carbocycles. The molecular formula is C20H25N7O3. The summed E-state index contributed by atoms with van der Waals surface area (Å²) in [5, 5.41) is 10.9. The molecule has 5 rings (SSSR count). The van der Waals surface area contributed by atoms with Crippen LogP contribution < -0.4 is 5.32 Å². The van der Waals surface area contributed by atoms with E-state index in [1.165, 1.54) is 0 Å². The summed E-state index contributed by atoms with van der Waals surface area (Å²) in [7, 11) is 0. The highest BCUT2D eigenvalue weighted by Crippen LogP contribution is 2.46. The number of amides is 3. The van der Waals surface area contributed by atoms with Crippen molar-refractivity contribution in [3.63, 3.8) is 0 Å². The molecule has 2 aliphatic heterocycles. The van der Waals surface area contributed by atoms with Crippen molar-refractivity contribution in [2.45, 2.75) is 26.2 Å². The van der Waals surface area contributed by atoms with E-state index in [4.69, 9.17) is 0 Å². The summed E-state index contributed by atoms with van der Waals surface area (Å²) in [5.74, 6) is 1.19. The largest absolute Gasteiger partial charge is 0.354 e. The van der Waals surface area contributed by atoms with Gasteiger partial charge in [0.15, 0.2) is 0 Å². The molecule has 10 nitrogen and oxygen atoms in total. The van der Waals surface area contributed by atoms with Gasteiger partial charge in [0.25, 0.3) is 11.7 Å². The second-order valence-electron chi connectivity index (χ2n) is 8.49. The Morgan fingerprint density at radius 2 is 2.03 bits per heavy atom. The van der Waals surface area contributed by atoms with Crippen molar-refractivity contribution < 1.29 is 14.4 Å². The molecule has 2 aromatic rings. The van der Waals surface area contributed by atoms with Gasteiger partial charge >= 0.3 is 0 Å². The van der Waals surface area contributed by atoms with Gasteiger partial charge in [0.2, 0.25) is 17.6 Å². The number of aromatic nitrogens is 4. The Bertz CT molecular complexity index is 1020. The van der Waals surface area contributed by atoms with Gasteiger partial charge < -0.3 is 15.1 Å². The molecule has 1 aliphatic carbocycles. The molecule has 0 bridgehead atoms. The molecule has 2 saturated heterocycles. The number of hydrogen-bond donors (Lipinski definition) is 1. The lowest BCUT2D eigenvalue weighted by molar-refractivity contribution is -0.147. The summed E-state index contributed by atoms with van der Waals surface area (Å²) < 4.78 is 1.62. The lowest BCUT2D eigenvalue weighted by Gasteiger charge is -2.51. The number of aryl methyl sites for hydroxylation is 1. The lowest BCUT2D eigenvalue weighted by atomic mass is 9.61. The van der Waals surface area contributed by atoms with Gasteiger partial charge in [-0.15, -0.1) is 10.2 Å². The van der Waals surface area contributed by atoms with E-state index in [0.717, 1.165) is 18.5 Å². The molecule has 1 N–H and O–H groups in total. The molecule has 10 heteroatoms. The molecule has 4 heterocycles. The van der Waals surface area contributed by atoms with Crippen molar-refractivity contribution in [2.24, 2.45) is 17.8 Å². The predicted molar refractivity (Wildman–Crippen MR) is 105 cm³/mol. The molecular weight excluding hydrogens is 386 g/mol. The van der Waals surface area contributed by atoms with Crippen molar-refractivity contribution in [3.8, 4) is 0 Å². The Balaban J connectivity index is 1.28. The Hall–Kier alpha value is -3.04. The number of rotatable bonds is 2. The molecule has 2 aromatic heterocycles. The topological polar surface area (TPSA) is 113 Å². The Morgan fingerprint density at radius 3 is 2.90 bits per heavy atom. The zero-order valence-corrected chi connectivity index (χ0v) is 17.0. The molecule has 0 unspecified atom stereocenters. The highest BCUT2D eigenvalue weighted by Gasteiger charge is 2.49. The van der Waals surface area contributed by atoms with E-state index >= 15 is 0 Å². The van der Waals surface area contributed by atoms with Gasteiger partial charge in [0.1, 0.15) is 0 Å². The highest BCUT2D eigenvalue weighted by molar-refractivity contribution is 5.91. The molecule has 0 spiro atoms. The van der Waals surface area contributed by atoms with Crippen LogP contribution in [0.3, 0.4) is 0 Å². The van der Waals surface area contributed by atoms with Gasteiger partial charge in [0.05, 0.1) is 0 Å². The number of nitrogens with zero attached hydrogens (tertiary/aromatic N) is 6.